The number of benzene rings is 2. The Hall–Kier alpha value is -3.72. The van der Waals surface area contributed by atoms with E-state index in [0.717, 1.165) is 11.3 Å². The molecule has 146 valence electrons. The molecule has 0 atom stereocenters. The van der Waals surface area contributed by atoms with Gasteiger partial charge in [0.15, 0.2) is 17.2 Å². The summed E-state index contributed by atoms with van der Waals surface area (Å²) in [6.07, 6.45) is 1.81. The molecular weight excluding hydrogens is 390 g/mol. The summed E-state index contributed by atoms with van der Waals surface area (Å²) in [6, 6.07) is 15.0. The molecule has 29 heavy (non-hydrogen) atoms. The predicted octanol–water partition coefficient (Wildman–Crippen LogP) is 3.66. The lowest BCUT2D eigenvalue weighted by Gasteiger charge is -2.09. The van der Waals surface area contributed by atoms with Crippen molar-refractivity contribution in [3.8, 4) is 28.3 Å². The molecule has 1 amide bonds. The lowest BCUT2D eigenvalue weighted by Crippen LogP contribution is -2.14. The minimum Gasteiger partial charge on any atom is -0.493 e. The molecule has 9 heteroatoms. The second-order valence-electron chi connectivity index (χ2n) is 5.94. The molecule has 2 heterocycles. The van der Waals surface area contributed by atoms with Gasteiger partial charge < -0.3 is 9.47 Å². The molecule has 4 aromatic rings. The highest BCUT2D eigenvalue weighted by molar-refractivity contribution is 7.13. The van der Waals surface area contributed by atoms with Gasteiger partial charge in [-0.15, -0.1) is 10.2 Å². The van der Waals surface area contributed by atoms with Crippen molar-refractivity contribution in [1.29, 1.82) is 0 Å². The number of hydrogen-bond acceptors (Lipinski definition) is 7. The van der Waals surface area contributed by atoms with E-state index < -0.39 is 0 Å². The first-order valence-electron chi connectivity index (χ1n) is 8.64. The number of hydrogen-bond donors (Lipinski definition) is 1. The van der Waals surface area contributed by atoms with Crippen LogP contribution in [-0.2, 0) is 0 Å². The van der Waals surface area contributed by atoms with Crippen LogP contribution >= 0.6 is 11.3 Å². The Bertz CT molecular complexity index is 1130. The zero-order chi connectivity index (χ0) is 20.2. The van der Waals surface area contributed by atoms with Crippen LogP contribution in [0.1, 0.15) is 10.5 Å². The van der Waals surface area contributed by atoms with E-state index in [1.165, 1.54) is 11.3 Å². The minimum atomic E-state index is -0.374. The van der Waals surface area contributed by atoms with Gasteiger partial charge in [0.2, 0.25) is 5.13 Å². The van der Waals surface area contributed by atoms with Gasteiger partial charge in [-0.25, -0.2) is 4.68 Å². The third kappa shape index (κ3) is 3.81. The van der Waals surface area contributed by atoms with Crippen molar-refractivity contribution in [1.82, 2.24) is 20.0 Å². The maximum absolute atomic E-state index is 12.9. The van der Waals surface area contributed by atoms with Crippen molar-refractivity contribution in [3.63, 3.8) is 0 Å². The lowest BCUT2D eigenvalue weighted by atomic mass is 10.1. The molecule has 0 aliphatic heterocycles. The first kappa shape index (κ1) is 18.6. The summed E-state index contributed by atoms with van der Waals surface area (Å²) in [5, 5.41) is 15.3. The van der Waals surface area contributed by atoms with Crippen LogP contribution in [0.15, 0.2) is 60.2 Å². The van der Waals surface area contributed by atoms with Gasteiger partial charge in [-0.1, -0.05) is 35.6 Å². The molecule has 0 bridgehead atoms. The number of carbonyl (C=O) groups is 1. The Kier molecular flexibility index (Phi) is 5.21. The van der Waals surface area contributed by atoms with Crippen LogP contribution in [0.25, 0.3) is 16.8 Å². The molecule has 2 aromatic carbocycles. The highest BCUT2D eigenvalue weighted by Crippen LogP contribution is 2.34. The molecule has 0 fully saturated rings. The molecule has 0 spiro atoms. The maximum atomic E-state index is 12.9. The van der Waals surface area contributed by atoms with E-state index in [0.29, 0.717) is 22.2 Å². The molecule has 0 radical (unpaired) electrons. The van der Waals surface area contributed by atoms with Gasteiger partial charge in [0.25, 0.3) is 5.91 Å². The van der Waals surface area contributed by atoms with Gasteiger partial charge in [-0.2, -0.15) is 5.10 Å². The molecule has 0 saturated heterocycles. The second kappa shape index (κ2) is 8.11. The Morgan fingerprint density at radius 1 is 1.07 bits per heavy atom. The largest absolute Gasteiger partial charge is 0.493 e. The number of amides is 1. The molecule has 0 aliphatic rings. The summed E-state index contributed by atoms with van der Waals surface area (Å²) >= 11 is 1.24. The van der Waals surface area contributed by atoms with Crippen LogP contribution in [0.2, 0.25) is 0 Å². The number of carbonyl (C=O) groups excluding carboxylic acids is 1. The number of nitrogens with zero attached hydrogens (tertiary/aromatic N) is 4. The summed E-state index contributed by atoms with van der Waals surface area (Å²) in [4.78, 5) is 12.9. The van der Waals surface area contributed by atoms with Crippen molar-refractivity contribution in [2.45, 2.75) is 0 Å². The van der Waals surface area contributed by atoms with Gasteiger partial charge in [0, 0.05) is 11.8 Å². The maximum Gasteiger partial charge on any atom is 0.278 e. The average Bonchev–Trinajstić information content (AvgIpc) is 3.44. The standard InChI is InChI=1S/C20H17N5O3S/c1-27-16-9-8-13(10-17(16)28-2)15-11-25(14-6-4-3-5-7-14)24-18(15)19(26)22-20-23-21-12-29-20/h3-12H,1-2H3,(H,22,23,26). The van der Waals surface area contributed by atoms with Crippen LogP contribution in [0.4, 0.5) is 5.13 Å². The topological polar surface area (TPSA) is 91.2 Å². The molecule has 8 nitrogen and oxygen atoms in total. The van der Waals surface area contributed by atoms with Crippen LogP contribution < -0.4 is 14.8 Å². The highest BCUT2D eigenvalue weighted by Gasteiger charge is 2.21. The molecule has 1 N–H and O–H groups in total. The Balaban J connectivity index is 1.81. The van der Waals surface area contributed by atoms with Crippen LogP contribution in [0.3, 0.4) is 0 Å². The molecule has 4 rings (SSSR count). The molecule has 0 aliphatic carbocycles. The quantitative estimate of drug-likeness (QED) is 0.525. The molecular formula is C20H17N5O3S. The fraction of sp³-hybridized carbons (Fsp3) is 0.100. The number of para-hydroxylation sites is 1. The second-order valence-corrected chi connectivity index (χ2v) is 6.77. The van der Waals surface area contributed by atoms with Crippen molar-refractivity contribution in [2.24, 2.45) is 0 Å². The predicted molar refractivity (Wildman–Crippen MR) is 110 cm³/mol. The minimum absolute atomic E-state index is 0.260. The van der Waals surface area contributed by atoms with Gasteiger partial charge in [-0.3, -0.25) is 10.1 Å². The molecule has 0 saturated carbocycles. The zero-order valence-corrected chi connectivity index (χ0v) is 16.5. The third-order valence-electron chi connectivity index (χ3n) is 4.23. The van der Waals surface area contributed by atoms with Crippen molar-refractivity contribution in [3.05, 3.63) is 65.9 Å². The van der Waals surface area contributed by atoms with Crippen LogP contribution in [-0.4, -0.2) is 40.1 Å². The van der Waals surface area contributed by atoms with E-state index in [2.05, 4.69) is 20.6 Å². The van der Waals surface area contributed by atoms with Gasteiger partial charge in [0.05, 0.1) is 19.9 Å². The first-order chi connectivity index (χ1) is 14.2. The summed E-state index contributed by atoms with van der Waals surface area (Å²) in [6.45, 7) is 0. The summed E-state index contributed by atoms with van der Waals surface area (Å²) in [5.41, 5.74) is 4.07. The summed E-state index contributed by atoms with van der Waals surface area (Å²) in [7, 11) is 3.14. The van der Waals surface area contributed by atoms with Crippen molar-refractivity contribution in [2.75, 3.05) is 19.5 Å². The van der Waals surface area contributed by atoms with E-state index in [9.17, 15) is 4.79 Å². The SMILES string of the molecule is COc1ccc(-c2cn(-c3ccccc3)nc2C(=O)Nc2nncs2)cc1OC. The van der Waals surface area contributed by atoms with E-state index >= 15 is 0 Å². The average molecular weight is 407 g/mol. The number of ether oxygens (including phenoxy) is 2. The monoisotopic (exact) mass is 407 g/mol. The van der Waals surface area contributed by atoms with E-state index in [4.69, 9.17) is 9.47 Å². The smallest absolute Gasteiger partial charge is 0.278 e. The fourth-order valence-electron chi connectivity index (χ4n) is 2.85. The van der Waals surface area contributed by atoms with Gasteiger partial charge >= 0.3 is 0 Å². The van der Waals surface area contributed by atoms with Gasteiger partial charge in [-0.05, 0) is 29.8 Å². The first-order valence-corrected chi connectivity index (χ1v) is 9.52. The Labute approximate surface area is 170 Å². The van der Waals surface area contributed by atoms with Crippen LogP contribution in [0.5, 0.6) is 11.5 Å². The van der Waals surface area contributed by atoms with Gasteiger partial charge in [0.1, 0.15) is 5.51 Å². The number of anilines is 1. The Morgan fingerprint density at radius 2 is 1.86 bits per heavy atom. The van der Waals surface area contributed by atoms with E-state index in [1.807, 2.05) is 48.7 Å². The number of methoxy groups -OCH3 is 2. The molecule has 0 unspecified atom stereocenters. The highest BCUT2D eigenvalue weighted by atomic mass is 32.1. The lowest BCUT2D eigenvalue weighted by molar-refractivity contribution is 0.102. The summed E-state index contributed by atoms with van der Waals surface area (Å²) in [5.74, 6) is 0.792. The fourth-order valence-corrected chi connectivity index (χ4v) is 3.29. The van der Waals surface area contributed by atoms with Crippen molar-refractivity contribution >= 4 is 22.4 Å². The van der Waals surface area contributed by atoms with E-state index in [-0.39, 0.29) is 11.6 Å². The number of aromatic nitrogens is 4. The summed E-state index contributed by atoms with van der Waals surface area (Å²) < 4.78 is 12.4. The zero-order valence-electron chi connectivity index (χ0n) is 15.7. The number of nitrogens with one attached hydrogen (secondary N) is 1. The normalized spacial score (nSPS) is 10.6. The third-order valence-corrected chi connectivity index (χ3v) is 4.83. The Morgan fingerprint density at radius 3 is 2.55 bits per heavy atom. The van der Waals surface area contributed by atoms with Crippen molar-refractivity contribution < 1.29 is 14.3 Å². The molecule has 2 aromatic heterocycles. The van der Waals surface area contributed by atoms with E-state index in [1.54, 1.807) is 30.5 Å². The number of rotatable bonds is 6. The van der Waals surface area contributed by atoms with Crippen LogP contribution in [0, 0.1) is 0 Å².